The fourth-order valence-electron chi connectivity index (χ4n) is 1.08. The third kappa shape index (κ3) is 4.27. The van der Waals surface area contributed by atoms with Crippen molar-refractivity contribution in [1.82, 2.24) is 0 Å². The molecule has 0 aliphatic rings. The van der Waals surface area contributed by atoms with Crippen molar-refractivity contribution >= 4 is 10.1 Å². The van der Waals surface area contributed by atoms with Crippen molar-refractivity contribution in [2.45, 2.75) is 12.7 Å². The predicted molar refractivity (Wildman–Crippen MR) is 60.0 cm³/mol. The summed E-state index contributed by atoms with van der Waals surface area (Å²) in [5.74, 6) is -0.0961. The third-order valence-electron chi connectivity index (χ3n) is 1.83. The Morgan fingerprint density at radius 2 is 1.93 bits per heavy atom. The molecule has 1 aromatic rings. The van der Waals surface area contributed by atoms with E-state index in [0.29, 0.717) is 0 Å². The zero-order chi connectivity index (χ0) is 11.3. The van der Waals surface area contributed by atoms with Crippen LogP contribution in [0.2, 0.25) is 0 Å². The van der Waals surface area contributed by atoms with Gasteiger partial charge in [-0.25, -0.2) is 0 Å². The molecule has 0 unspecified atom stereocenters. The van der Waals surface area contributed by atoms with Crippen LogP contribution in [-0.4, -0.2) is 15.0 Å². The monoisotopic (exact) mass is 226 g/mol. The van der Waals surface area contributed by atoms with Crippen molar-refractivity contribution in [2.75, 3.05) is 6.61 Å². The first kappa shape index (κ1) is 11.9. The van der Waals surface area contributed by atoms with E-state index >= 15 is 0 Å². The van der Waals surface area contributed by atoms with Gasteiger partial charge in [0.05, 0.1) is 6.61 Å². The number of aryl methyl sites for hydroxylation is 1. The standard InChI is InChI=1S/C11H14O3S/c1-3-8-14-15(12,13)9-11-6-4-10(2)5-7-11/h3-7H,1,8-9H2,2H3. The number of hydrogen-bond donors (Lipinski definition) is 0. The fraction of sp³-hybridized carbons (Fsp3) is 0.273. The molecular formula is C11H14O3S. The van der Waals surface area contributed by atoms with Crippen LogP contribution in [0.1, 0.15) is 11.1 Å². The van der Waals surface area contributed by atoms with E-state index in [2.05, 4.69) is 10.8 Å². The number of rotatable bonds is 5. The normalized spacial score (nSPS) is 11.3. The van der Waals surface area contributed by atoms with Crippen molar-refractivity contribution in [2.24, 2.45) is 0 Å². The summed E-state index contributed by atoms with van der Waals surface area (Å²) in [7, 11) is -3.48. The Balaban J connectivity index is 2.69. The summed E-state index contributed by atoms with van der Waals surface area (Å²) in [6.45, 7) is 5.37. The van der Waals surface area contributed by atoms with Crippen LogP contribution in [0.15, 0.2) is 36.9 Å². The van der Waals surface area contributed by atoms with Gasteiger partial charge in [-0.15, -0.1) is 6.58 Å². The second-order valence-corrected chi connectivity index (χ2v) is 4.90. The van der Waals surface area contributed by atoms with E-state index in [-0.39, 0.29) is 12.4 Å². The van der Waals surface area contributed by atoms with Crippen molar-refractivity contribution in [3.63, 3.8) is 0 Å². The van der Waals surface area contributed by atoms with Crippen LogP contribution in [0.5, 0.6) is 0 Å². The molecule has 0 aliphatic heterocycles. The van der Waals surface area contributed by atoms with Gasteiger partial charge < -0.3 is 0 Å². The van der Waals surface area contributed by atoms with Crippen LogP contribution in [0.4, 0.5) is 0 Å². The van der Waals surface area contributed by atoms with Crippen LogP contribution in [0, 0.1) is 6.92 Å². The summed E-state index contributed by atoms with van der Waals surface area (Å²) in [6, 6.07) is 7.31. The van der Waals surface area contributed by atoms with Crippen LogP contribution >= 0.6 is 0 Å². The van der Waals surface area contributed by atoms with Crippen LogP contribution in [-0.2, 0) is 20.1 Å². The van der Waals surface area contributed by atoms with Gasteiger partial charge in [0.1, 0.15) is 5.75 Å². The molecule has 0 fully saturated rings. The molecule has 15 heavy (non-hydrogen) atoms. The van der Waals surface area contributed by atoms with Crippen molar-refractivity contribution < 1.29 is 12.6 Å². The van der Waals surface area contributed by atoms with E-state index in [1.807, 2.05) is 19.1 Å². The minimum absolute atomic E-state index is 0.0220. The van der Waals surface area contributed by atoms with E-state index in [4.69, 9.17) is 0 Å². The Labute approximate surface area is 90.5 Å². The topological polar surface area (TPSA) is 43.4 Å². The molecule has 4 heteroatoms. The van der Waals surface area contributed by atoms with E-state index in [0.717, 1.165) is 11.1 Å². The summed E-state index contributed by atoms with van der Waals surface area (Å²) in [5.41, 5.74) is 1.83. The third-order valence-corrected chi connectivity index (χ3v) is 3.01. The summed E-state index contributed by atoms with van der Waals surface area (Å²) < 4.78 is 27.4. The van der Waals surface area contributed by atoms with E-state index in [1.54, 1.807) is 12.1 Å². The van der Waals surface area contributed by atoms with Gasteiger partial charge in [-0.05, 0) is 12.5 Å². The average molecular weight is 226 g/mol. The highest BCUT2D eigenvalue weighted by atomic mass is 32.2. The molecule has 0 heterocycles. The first-order valence-corrected chi connectivity index (χ1v) is 6.15. The molecule has 82 valence electrons. The smallest absolute Gasteiger partial charge is 0.266 e. The molecule has 0 atom stereocenters. The SMILES string of the molecule is C=CCOS(=O)(=O)Cc1ccc(C)cc1. The lowest BCUT2D eigenvalue weighted by molar-refractivity contribution is 0.356. The molecule has 0 aliphatic carbocycles. The maximum absolute atomic E-state index is 11.4. The Kier molecular flexibility index (Phi) is 4.05. The lowest BCUT2D eigenvalue weighted by atomic mass is 10.2. The largest absolute Gasteiger partial charge is 0.271 e. The summed E-state index contributed by atoms with van der Waals surface area (Å²) in [6.07, 6.45) is 1.41. The van der Waals surface area contributed by atoms with Crippen LogP contribution in [0.3, 0.4) is 0 Å². The first-order valence-electron chi connectivity index (χ1n) is 4.57. The van der Waals surface area contributed by atoms with Gasteiger partial charge in [0.15, 0.2) is 0 Å². The van der Waals surface area contributed by atoms with Crippen molar-refractivity contribution in [3.05, 3.63) is 48.0 Å². The maximum atomic E-state index is 11.4. The predicted octanol–water partition coefficient (Wildman–Crippen LogP) is 2.03. The van der Waals surface area contributed by atoms with Gasteiger partial charge in [0, 0.05) is 0 Å². The highest BCUT2D eigenvalue weighted by molar-refractivity contribution is 7.85. The molecule has 1 rings (SSSR count). The van der Waals surface area contributed by atoms with E-state index < -0.39 is 10.1 Å². The minimum atomic E-state index is -3.48. The summed E-state index contributed by atoms with van der Waals surface area (Å²) in [4.78, 5) is 0. The highest BCUT2D eigenvalue weighted by Gasteiger charge is 2.11. The van der Waals surface area contributed by atoms with Gasteiger partial charge >= 0.3 is 0 Å². The van der Waals surface area contributed by atoms with Gasteiger partial charge in [-0.3, -0.25) is 4.18 Å². The average Bonchev–Trinajstić information content (AvgIpc) is 2.18. The Morgan fingerprint density at radius 1 is 1.33 bits per heavy atom. The summed E-state index contributed by atoms with van der Waals surface area (Å²) in [5, 5.41) is 0. The van der Waals surface area contributed by atoms with Crippen molar-refractivity contribution in [3.8, 4) is 0 Å². The Morgan fingerprint density at radius 3 is 2.47 bits per heavy atom. The molecule has 3 nitrogen and oxygen atoms in total. The quantitative estimate of drug-likeness (QED) is 0.570. The van der Waals surface area contributed by atoms with E-state index in [9.17, 15) is 8.42 Å². The molecule has 0 saturated carbocycles. The molecule has 0 saturated heterocycles. The maximum Gasteiger partial charge on any atom is 0.271 e. The zero-order valence-electron chi connectivity index (χ0n) is 8.64. The summed E-state index contributed by atoms with van der Waals surface area (Å²) >= 11 is 0. The Hall–Kier alpha value is -1.13. The minimum Gasteiger partial charge on any atom is -0.266 e. The highest BCUT2D eigenvalue weighted by Crippen LogP contribution is 2.09. The molecular weight excluding hydrogens is 212 g/mol. The molecule has 0 amide bonds. The second-order valence-electron chi connectivity index (χ2n) is 3.26. The number of benzene rings is 1. The molecule has 0 bridgehead atoms. The molecule has 0 aromatic heterocycles. The lowest BCUT2D eigenvalue weighted by Gasteiger charge is -2.03. The molecule has 0 N–H and O–H groups in total. The van der Waals surface area contributed by atoms with Crippen LogP contribution in [0.25, 0.3) is 0 Å². The first-order chi connectivity index (χ1) is 7.03. The fourth-order valence-corrected chi connectivity index (χ4v) is 2.07. The lowest BCUT2D eigenvalue weighted by Crippen LogP contribution is -2.08. The van der Waals surface area contributed by atoms with Gasteiger partial charge in [0.2, 0.25) is 0 Å². The molecule has 0 spiro atoms. The van der Waals surface area contributed by atoms with E-state index in [1.165, 1.54) is 6.08 Å². The van der Waals surface area contributed by atoms with Gasteiger partial charge in [0.25, 0.3) is 10.1 Å². The second kappa shape index (κ2) is 5.09. The van der Waals surface area contributed by atoms with Crippen LogP contribution < -0.4 is 0 Å². The zero-order valence-corrected chi connectivity index (χ0v) is 9.46. The molecule has 1 aromatic carbocycles. The Bertz CT molecular complexity index is 418. The van der Waals surface area contributed by atoms with Gasteiger partial charge in [-0.2, -0.15) is 8.42 Å². The number of hydrogen-bond acceptors (Lipinski definition) is 3. The van der Waals surface area contributed by atoms with Crippen molar-refractivity contribution in [1.29, 1.82) is 0 Å². The van der Waals surface area contributed by atoms with Gasteiger partial charge in [-0.1, -0.05) is 35.9 Å². The molecule has 0 radical (unpaired) electrons.